The summed E-state index contributed by atoms with van der Waals surface area (Å²) in [4.78, 5) is 56.1. The molecule has 268 valence electrons. The van der Waals surface area contributed by atoms with Crippen LogP contribution in [0.5, 0.6) is 0 Å². The van der Waals surface area contributed by atoms with Crippen LogP contribution in [0.2, 0.25) is 0 Å². The number of carbonyl (C=O) groups is 3. The highest BCUT2D eigenvalue weighted by Crippen LogP contribution is 2.28. The standard InChI is InChI=1S/C38H52N8O4/c1-37(2,3)50-34(47)30(17-11-12-18-39)42-35(48)38(4,5)32-25-41-33(44-32)31(23-26-24-40-29-16-10-9-15-28(26)29)43-36(49)46-21-19-45(20-22-46)27-13-7-6-8-14-27/h6-10,13-16,24-25,30-31,40H,11-12,17-23,39H2,1-5H3,(H,41,44)(H,42,48)(H,43,49)/t30-,31-/m1/s1. The molecule has 1 saturated heterocycles. The molecule has 1 aliphatic heterocycles. The first-order chi connectivity index (χ1) is 23.9. The Kier molecular flexibility index (Phi) is 11.5. The van der Waals surface area contributed by atoms with E-state index in [0.717, 1.165) is 41.7 Å². The number of benzene rings is 2. The molecule has 12 heteroatoms. The van der Waals surface area contributed by atoms with Crippen LogP contribution in [0.15, 0.2) is 67.0 Å². The van der Waals surface area contributed by atoms with Crippen molar-refractivity contribution in [3.8, 4) is 0 Å². The normalized spacial score (nSPS) is 15.1. The van der Waals surface area contributed by atoms with Crippen LogP contribution in [-0.4, -0.2) is 82.1 Å². The maximum atomic E-state index is 13.8. The van der Waals surface area contributed by atoms with Crippen molar-refractivity contribution in [2.45, 2.75) is 83.4 Å². The summed E-state index contributed by atoms with van der Waals surface area (Å²) in [6, 6.07) is 16.8. The van der Waals surface area contributed by atoms with Crippen molar-refractivity contribution >= 4 is 34.5 Å². The van der Waals surface area contributed by atoms with E-state index in [0.29, 0.717) is 50.4 Å². The Bertz CT molecular complexity index is 1730. The molecule has 0 saturated carbocycles. The van der Waals surface area contributed by atoms with Gasteiger partial charge < -0.3 is 40.9 Å². The number of urea groups is 1. The van der Waals surface area contributed by atoms with Crippen molar-refractivity contribution in [3.63, 3.8) is 0 Å². The summed E-state index contributed by atoms with van der Waals surface area (Å²) in [7, 11) is 0. The molecule has 2 atom stereocenters. The topological polar surface area (TPSA) is 161 Å². The lowest BCUT2D eigenvalue weighted by Crippen LogP contribution is -2.52. The lowest BCUT2D eigenvalue weighted by atomic mass is 9.88. The Morgan fingerprint density at radius 2 is 1.64 bits per heavy atom. The molecule has 3 amide bonds. The minimum Gasteiger partial charge on any atom is -0.458 e. The number of ether oxygens (including phenoxy) is 1. The van der Waals surface area contributed by atoms with Gasteiger partial charge in [-0.1, -0.05) is 36.4 Å². The Morgan fingerprint density at radius 3 is 2.34 bits per heavy atom. The van der Waals surface area contributed by atoms with Gasteiger partial charge in [0.15, 0.2) is 0 Å². The first-order valence-electron chi connectivity index (χ1n) is 17.6. The van der Waals surface area contributed by atoms with Crippen LogP contribution in [0.1, 0.15) is 77.0 Å². The summed E-state index contributed by atoms with van der Waals surface area (Å²) in [5.74, 6) is -0.283. The van der Waals surface area contributed by atoms with E-state index in [-0.39, 0.29) is 11.9 Å². The van der Waals surface area contributed by atoms with E-state index < -0.39 is 29.1 Å². The number of H-pyrrole nitrogens is 2. The van der Waals surface area contributed by atoms with Crippen LogP contribution >= 0.6 is 0 Å². The lowest BCUT2D eigenvalue weighted by Gasteiger charge is -2.36. The maximum absolute atomic E-state index is 13.8. The smallest absolute Gasteiger partial charge is 0.329 e. The number of hydrogen-bond donors (Lipinski definition) is 5. The highest BCUT2D eigenvalue weighted by atomic mass is 16.6. The molecule has 2 aromatic carbocycles. The second-order valence-corrected chi connectivity index (χ2v) is 14.5. The minimum atomic E-state index is -1.08. The van der Waals surface area contributed by atoms with E-state index in [1.807, 2.05) is 47.5 Å². The first kappa shape index (κ1) is 36.4. The van der Waals surface area contributed by atoms with Gasteiger partial charge in [-0.2, -0.15) is 0 Å². The third kappa shape index (κ3) is 9.03. The van der Waals surface area contributed by atoms with Gasteiger partial charge in [0.1, 0.15) is 17.5 Å². The summed E-state index contributed by atoms with van der Waals surface area (Å²) >= 11 is 0. The summed E-state index contributed by atoms with van der Waals surface area (Å²) < 4.78 is 5.63. The molecule has 6 N–H and O–H groups in total. The number of fused-ring (bicyclic) bond motifs is 1. The lowest BCUT2D eigenvalue weighted by molar-refractivity contribution is -0.159. The number of aromatic amines is 2. The average Bonchev–Trinajstić information content (AvgIpc) is 3.76. The van der Waals surface area contributed by atoms with Gasteiger partial charge in [0, 0.05) is 67.3 Å². The second-order valence-electron chi connectivity index (χ2n) is 14.5. The third-order valence-electron chi connectivity index (χ3n) is 9.19. The molecule has 2 aromatic heterocycles. The second kappa shape index (κ2) is 15.8. The van der Waals surface area contributed by atoms with Crippen LogP contribution in [0.25, 0.3) is 10.9 Å². The number of aromatic nitrogens is 3. The predicted molar refractivity (Wildman–Crippen MR) is 196 cm³/mol. The van der Waals surface area contributed by atoms with Crippen molar-refractivity contribution < 1.29 is 19.1 Å². The summed E-state index contributed by atoms with van der Waals surface area (Å²) in [6.07, 6.45) is 5.90. The van der Waals surface area contributed by atoms with Gasteiger partial charge in [-0.05, 0) is 84.2 Å². The van der Waals surface area contributed by atoms with E-state index >= 15 is 0 Å². The molecule has 50 heavy (non-hydrogen) atoms. The number of piperazine rings is 1. The van der Waals surface area contributed by atoms with Crippen molar-refractivity contribution in [3.05, 3.63) is 84.1 Å². The zero-order chi connectivity index (χ0) is 35.9. The number of nitrogens with one attached hydrogen (secondary N) is 4. The fraction of sp³-hybridized carbons (Fsp3) is 0.474. The number of esters is 1. The Labute approximate surface area is 294 Å². The number of rotatable bonds is 13. The zero-order valence-corrected chi connectivity index (χ0v) is 29.9. The Morgan fingerprint density at radius 1 is 0.940 bits per heavy atom. The van der Waals surface area contributed by atoms with Gasteiger partial charge in [0.2, 0.25) is 5.91 Å². The van der Waals surface area contributed by atoms with Gasteiger partial charge in [-0.25, -0.2) is 14.6 Å². The molecule has 3 heterocycles. The van der Waals surface area contributed by atoms with Gasteiger partial charge in [-0.3, -0.25) is 4.79 Å². The molecule has 1 fully saturated rings. The molecule has 4 aromatic rings. The monoisotopic (exact) mass is 684 g/mol. The average molecular weight is 685 g/mol. The molecular weight excluding hydrogens is 632 g/mol. The van der Waals surface area contributed by atoms with Crippen LogP contribution in [-0.2, 0) is 26.2 Å². The van der Waals surface area contributed by atoms with E-state index in [9.17, 15) is 14.4 Å². The number of unbranched alkanes of at least 4 members (excludes halogenated alkanes) is 1. The van der Waals surface area contributed by atoms with Crippen LogP contribution in [0.3, 0.4) is 0 Å². The number of nitrogens with two attached hydrogens (primary N) is 1. The fourth-order valence-corrected chi connectivity index (χ4v) is 6.19. The van der Waals surface area contributed by atoms with E-state index in [1.54, 1.807) is 40.8 Å². The summed E-state index contributed by atoms with van der Waals surface area (Å²) in [5, 5.41) is 7.24. The fourth-order valence-electron chi connectivity index (χ4n) is 6.19. The number of nitrogens with zero attached hydrogens (tertiary/aromatic N) is 3. The number of carbonyl (C=O) groups excluding carboxylic acids is 3. The van der Waals surface area contributed by atoms with Crippen molar-refractivity contribution in [2.75, 3.05) is 37.6 Å². The molecule has 0 bridgehead atoms. The van der Waals surface area contributed by atoms with E-state index in [4.69, 9.17) is 15.5 Å². The molecule has 12 nitrogen and oxygen atoms in total. The first-order valence-corrected chi connectivity index (χ1v) is 17.6. The van der Waals surface area contributed by atoms with Crippen molar-refractivity contribution in [1.29, 1.82) is 0 Å². The number of amides is 3. The predicted octanol–water partition coefficient (Wildman–Crippen LogP) is 4.94. The van der Waals surface area contributed by atoms with Crippen LogP contribution in [0, 0.1) is 0 Å². The summed E-state index contributed by atoms with van der Waals surface area (Å²) in [5.41, 5.74) is 7.66. The molecule has 0 spiro atoms. The zero-order valence-electron chi connectivity index (χ0n) is 29.9. The highest BCUT2D eigenvalue weighted by Gasteiger charge is 2.37. The number of imidazole rings is 1. The highest BCUT2D eigenvalue weighted by molar-refractivity contribution is 5.91. The van der Waals surface area contributed by atoms with E-state index in [2.05, 4.69) is 43.7 Å². The molecule has 1 aliphatic rings. The molecule has 0 radical (unpaired) electrons. The number of para-hydroxylation sites is 2. The van der Waals surface area contributed by atoms with Crippen LogP contribution < -0.4 is 21.3 Å². The SMILES string of the molecule is CC(C)(C)OC(=O)[C@@H](CCCCN)NC(=O)C(C)(C)c1cnc([C@@H](Cc2c[nH]c3ccccc23)NC(=O)N2CCN(c3ccccc3)CC2)[nH]1. The molecule has 0 aliphatic carbocycles. The number of hydrogen-bond acceptors (Lipinski definition) is 7. The number of anilines is 1. The van der Waals surface area contributed by atoms with Gasteiger partial charge in [0.25, 0.3) is 0 Å². The van der Waals surface area contributed by atoms with Gasteiger partial charge >= 0.3 is 12.0 Å². The molecule has 5 rings (SSSR count). The van der Waals surface area contributed by atoms with Crippen molar-refractivity contribution in [2.24, 2.45) is 5.73 Å². The largest absolute Gasteiger partial charge is 0.458 e. The minimum absolute atomic E-state index is 0.171. The Balaban J connectivity index is 1.34. The van der Waals surface area contributed by atoms with E-state index in [1.165, 1.54) is 0 Å². The van der Waals surface area contributed by atoms with Gasteiger partial charge in [0.05, 0.1) is 11.5 Å². The molecular formula is C38H52N8O4. The maximum Gasteiger partial charge on any atom is 0.329 e. The quantitative estimate of drug-likeness (QED) is 0.0985. The van der Waals surface area contributed by atoms with Crippen molar-refractivity contribution in [1.82, 2.24) is 30.5 Å². The summed E-state index contributed by atoms with van der Waals surface area (Å²) in [6.45, 7) is 12.1. The molecule has 0 unspecified atom stereocenters. The van der Waals surface area contributed by atoms with Crippen LogP contribution in [0.4, 0.5) is 10.5 Å². The Hall–Kier alpha value is -4.84. The third-order valence-corrected chi connectivity index (χ3v) is 9.19. The van der Waals surface area contributed by atoms with Gasteiger partial charge in [-0.15, -0.1) is 0 Å².